The number of phenols is 1. The monoisotopic (exact) mass is 413 g/mol. The Hall–Kier alpha value is -3.40. The molecule has 0 saturated carbocycles. The number of nitrogens with zero attached hydrogens (tertiary/aromatic N) is 4. The number of aromatic nitrogens is 3. The normalized spacial score (nSPS) is 11.8. The van der Waals surface area contributed by atoms with Crippen LogP contribution in [0.1, 0.15) is 13.8 Å². The van der Waals surface area contributed by atoms with Gasteiger partial charge in [0.25, 0.3) is 5.69 Å². The Morgan fingerprint density at radius 2 is 1.86 bits per heavy atom. The highest BCUT2D eigenvalue weighted by Gasteiger charge is 2.20. The molecule has 10 heteroatoms. The second-order valence-corrected chi connectivity index (χ2v) is 7.46. The zero-order valence-corrected chi connectivity index (χ0v) is 16.6. The number of rotatable bonds is 7. The Bertz CT molecular complexity index is 1020. The van der Waals surface area contributed by atoms with Crippen molar-refractivity contribution in [1.29, 1.82) is 0 Å². The molecule has 0 aliphatic heterocycles. The maximum absolute atomic E-state index is 12.5. The van der Waals surface area contributed by atoms with Gasteiger partial charge in [-0.3, -0.25) is 14.9 Å². The maximum Gasteiger partial charge on any atom is 0.269 e. The molecule has 0 spiro atoms. The number of hydrogen-bond acceptors (Lipinski definition) is 7. The van der Waals surface area contributed by atoms with Crippen LogP contribution in [0.25, 0.3) is 11.4 Å². The summed E-state index contributed by atoms with van der Waals surface area (Å²) in [6.07, 6.45) is 0. The number of thioether (sulfide) groups is 1. The molecule has 0 aliphatic carbocycles. The van der Waals surface area contributed by atoms with Gasteiger partial charge in [0, 0.05) is 29.9 Å². The Morgan fingerprint density at radius 3 is 2.45 bits per heavy atom. The molecular formula is C19H19N5O4S. The van der Waals surface area contributed by atoms with Crippen molar-refractivity contribution in [3.63, 3.8) is 0 Å². The van der Waals surface area contributed by atoms with Crippen molar-refractivity contribution in [2.24, 2.45) is 0 Å². The van der Waals surface area contributed by atoms with E-state index in [4.69, 9.17) is 0 Å². The van der Waals surface area contributed by atoms with Crippen LogP contribution >= 0.6 is 11.8 Å². The number of phenolic OH excluding ortho intramolecular Hbond substituents is 1. The lowest BCUT2D eigenvalue weighted by Gasteiger charge is -2.13. The van der Waals surface area contributed by atoms with E-state index in [1.165, 1.54) is 36.0 Å². The highest BCUT2D eigenvalue weighted by atomic mass is 32.2. The number of nitro groups is 1. The highest BCUT2D eigenvalue weighted by Crippen LogP contribution is 2.28. The standard InChI is InChI=1S/C19H19N5O4S/c1-3-23-17(13-4-10-16(25)11-5-13)21-22-19(23)29-12(2)18(26)20-14-6-8-15(9-7-14)24(27)28/h4-12,25H,3H2,1-2H3,(H,20,26). The summed E-state index contributed by atoms with van der Waals surface area (Å²) in [6, 6.07) is 12.3. The maximum atomic E-state index is 12.5. The molecule has 29 heavy (non-hydrogen) atoms. The third-order valence-corrected chi connectivity index (χ3v) is 5.24. The van der Waals surface area contributed by atoms with E-state index in [1.807, 2.05) is 11.5 Å². The summed E-state index contributed by atoms with van der Waals surface area (Å²) in [4.78, 5) is 22.7. The first-order valence-electron chi connectivity index (χ1n) is 8.83. The molecule has 1 unspecified atom stereocenters. The molecule has 0 bridgehead atoms. The number of hydrogen-bond donors (Lipinski definition) is 2. The van der Waals surface area contributed by atoms with E-state index in [-0.39, 0.29) is 17.3 Å². The minimum atomic E-state index is -0.493. The zero-order chi connectivity index (χ0) is 21.0. The number of amides is 1. The average molecular weight is 413 g/mol. The Labute approximate surface area is 170 Å². The third kappa shape index (κ3) is 4.72. The van der Waals surface area contributed by atoms with Crippen LogP contribution < -0.4 is 5.32 Å². The Morgan fingerprint density at radius 1 is 1.21 bits per heavy atom. The number of nitro benzene ring substituents is 1. The van der Waals surface area contributed by atoms with Crippen molar-refractivity contribution in [3.05, 3.63) is 58.6 Å². The topological polar surface area (TPSA) is 123 Å². The van der Waals surface area contributed by atoms with E-state index in [0.717, 1.165) is 5.56 Å². The number of carbonyl (C=O) groups is 1. The van der Waals surface area contributed by atoms with Gasteiger partial charge >= 0.3 is 0 Å². The largest absolute Gasteiger partial charge is 0.508 e. The van der Waals surface area contributed by atoms with Crippen molar-refractivity contribution < 1.29 is 14.8 Å². The highest BCUT2D eigenvalue weighted by molar-refractivity contribution is 8.00. The minimum absolute atomic E-state index is 0.0387. The third-order valence-electron chi connectivity index (χ3n) is 4.16. The number of anilines is 1. The van der Waals surface area contributed by atoms with Crippen LogP contribution in [0.4, 0.5) is 11.4 Å². The van der Waals surface area contributed by atoms with Crippen molar-refractivity contribution in [1.82, 2.24) is 14.8 Å². The average Bonchev–Trinajstić information content (AvgIpc) is 3.11. The van der Waals surface area contributed by atoms with Gasteiger partial charge in [-0.1, -0.05) is 11.8 Å². The van der Waals surface area contributed by atoms with Crippen LogP contribution in [-0.4, -0.2) is 36.0 Å². The van der Waals surface area contributed by atoms with Crippen LogP contribution in [0, 0.1) is 10.1 Å². The molecular weight excluding hydrogens is 394 g/mol. The van der Waals surface area contributed by atoms with Crippen molar-refractivity contribution in [3.8, 4) is 17.1 Å². The molecule has 0 fully saturated rings. The number of carbonyl (C=O) groups excluding carboxylic acids is 1. The van der Waals surface area contributed by atoms with Crippen molar-refractivity contribution in [2.45, 2.75) is 30.8 Å². The first kappa shape index (κ1) is 20.3. The molecule has 1 atom stereocenters. The molecule has 3 rings (SSSR count). The molecule has 0 aliphatic rings. The van der Waals surface area contributed by atoms with Crippen LogP contribution in [-0.2, 0) is 11.3 Å². The summed E-state index contributed by atoms with van der Waals surface area (Å²) in [5.41, 5.74) is 1.25. The SMILES string of the molecule is CCn1c(SC(C)C(=O)Nc2ccc([N+](=O)[O-])cc2)nnc1-c1ccc(O)cc1. The zero-order valence-electron chi connectivity index (χ0n) is 15.8. The second kappa shape index (κ2) is 8.74. The minimum Gasteiger partial charge on any atom is -0.508 e. The lowest BCUT2D eigenvalue weighted by Crippen LogP contribution is -2.22. The fraction of sp³-hybridized carbons (Fsp3) is 0.211. The van der Waals surface area contributed by atoms with E-state index >= 15 is 0 Å². The van der Waals surface area contributed by atoms with Gasteiger partial charge in [-0.25, -0.2) is 0 Å². The van der Waals surface area contributed by atoms with Crippen molar-refractivity contribution in [2.75, 3.05) is 5.32 Å². The molecule has 3 aromatic rings. The Balaban J connectivity index is 1.71. The van der Waals surface area contributed by atoms with Crippen LogP contribution in [0.3, 0.4) is 0 Å². The molecule has 2 aromatic carbocycles. The van der Waals surface area contributed by atoms with Gasteiger partial charge in [0.2, 0.25) is 5.91 Å². The summed E-state index contributed by atoms with van der Waals surface area (Å²) < 4.78 is 1.90. The smallest absolute Gasteiger partial charge is 0.269 e. The molecule has 0 saturated heterocycles. The van der Waals surface area contributed by atoms with Crippen LogP contribution in [0.15, 0.2) is 53.7 Å². The van der Waals surface area contributed by atoms with Crippen molar-refractivity contribution >= 4 is 29.0 Å². The first-order chi connectivity index (χ1) is 13.9. The summed E-state index contributed by atoms with van der Waals surface area (Å²) in [7, 11) is 0. The summed E-state index contributed by atoms with van der Waals surface area (Å²) in [5, 5.41) is 31.5. The first-order valence-corrected chi connectivity index (χ1v) is 9.71. The van der Waals surface area contributed by atoms with E-state index in [9.17, 15) is 20.0 Å². The molecule has 1 amide bonds. The van der Waals surface area contributed by atoms with E-state index in [1.54, 1.807) is 31.2 Å². The number of non-ortho nitro benzene ring substituents is 1. The lowest BCUT2D eigenvalue weighted by atomic mass is 10.2. The molecule has 1 aromatic heterocycles. The molecule has 2 N–H and O–H groups in total. The van der Waals surface area contributed by atoms with E-state index in [0.29, 0.717) is 23.2 Å². The molecule has 0 radical (unpaired) electrons. The summed E-state index contributed by atoms with van der Waals surface area (Å²) >= 11 is 1.27. The summed E-state index contributed by atoms with van der Waals surface area (Å²) in [5.74, 6) is 0.570. The lowest BCUT2D eigenvalue weighted by molar-refractivity contribution is -0.384. The number of benzene rings is 2. The summed E-state index contributed by atoms with van der Waals surface area (Å²) in [6.45, 7) is 4.32. The fourth-order valence-electron chi connectivity index (χ4n) is 2.61. The quantitative estimate of drug-likeness (QED) is 0.344. The molecule has 9 nitrogen and oxygen atoms in total. The Kier molecular flexibility index (Phi) is 6.13. The predicted octanol–water partition coefficient (Wildman–Crippen LogP) is 3.70. The van der Waals surface area contributed by atoms with Crippen LogP contribution in [0.5, 0.6) is 5.75 Å². The number of aromatic hydroxyl groups is 1. The molecule has 150 valence electrons. The van der Waals surface area contributed by atoms with Gasteiger partial charge in [0.05, 0.1) is 10.2 Å². The van der Waals surface area contributed by atoms with Gasteiger partial charge in [0.15, 0.2) is 11.0 Å². The van der Waals surface area contributed by atoms with Gasteiger partial charge in [0.1, 0.15) is 5.75 Å². The van der Waals surface area contributed by atoms with Gasteiger partial charge in [-0.05, 0) is 50.2 Å². The number of nitrogens with one attached hydrogen (secondary N) is 1. The van der Waals surface area contributed by atoms with Gasteiger partial charge < -0.3 is 15.0 Å². The van der Waals surface area contributed by atoms with Gasteiger partial charge in [-0.2, -0.15) is 0 Å². The second-order valence-electron chi connectivity index (χ2n) is 6.15. The van der Waals surface area contributed by atoms with E-state index < -0.39 is 10.2 Å². The fourth-order valence-corrected chi connectivity index (χ4v) is 3.52. The van der Waals surface area contributed by atoms with Gasteiger partial charge in [-0.15, -0.1) is 10.2 Å². The molecule has 1 heterocycles. The predicted molar refractivity (Wildman–Crippen MR) is 110 cm³/mol. The van der Waals surface area contributed by atoms with E-state index in [2.05, 4.69) is 15.5 Å². The van der Waals surface area contributed by atoms with Crippen LogP contribution in [0.2, 0.25) is 0 Å².